The first-order valence-electron chi connectivity index (χ1n) is 16.8. The number of rotatable bonds is 3. The largest absolute Gasteiger partial charge is 0.0622 e. The van der Waals surface area contributed by atoms with E-state index in [1.54, 1.807) is 0 Å². The molecule has 0 aliphatic heterocycles. The van der Waals surface area contributed by atoms with Gasteiger partial charge in [-0.1, -0.05) is 140 Å². The molecule has 0 saturated heterocycles. The highest BCUT2D eigenvalue weighted by Gasteiger charge is 2.21. The molecule has 0 atom stereocenters. The first-order valence-corrected chi connectivity index (χ1v) is 16.8. The molecular formula is C48H28. The molecule has 11 aromatic carbocycles. The minimum Gasteiger partial charge on any atom is -0.0622 e. The summed E-state index contributed by atoms with van der Waals surface area (Å²) < 4.78 is 0. The van der Waals surface area contributed by atoms with Crippen molar-refractivity contribution in [2.24, 2.45) is 0 Å². The molecule has 0 aromatic heterocycles. The lowest BCUT2D eigenvalue weighted by atomic mass is 9.87. The Balaban J connectivity index is 1.35. The predicted molar refractivity (Wildman–Crippen MR) is 208 cm³/mol. The third-order valence-electron chi connectivity index (χ3n) is 10.7. The summed E-state index contributed by atoms with van der Waals surface area (Å²) in [7, 11) is 0. The van der Waals surface area contributed by atoms with E-state index in [9.17, 15) is 0 Å². The smallest absolute Gasteiger partial charge is 0.00137 e. The van der Waals surface area contributed by atoms with Crippen LogP contribution in [0.15, 0.2) is 170 Å². The molecule has 11 rings (SSSR count). The fourth-order valence-electron chi connectivity index (χ4n) is 8.64. The van der Waals surface area contributed by atoms with Crippen LogP contribution in [0.2, 0.25) is 0 Å². The van der Waals surface area contributed by atoms with E-state index in [2.05, 4.69) is 170 Å². The van der Waals surface area contributed by atoms with Crippen molar-refractivity contribution in [3.63, 3.8) is 0 Å². The van der Waals surface area contributed by atoms with Gasteiger partial charge < -0.3 is 0 Å². The van der Waals surface area contributed by atoms with E-state index in [-0.39, 0.29) is 0 Å². The molecule has 0 fully saturated rings. The fraction of sp³-hybridized carbons (Fsp3) is 0. The highest BCUT2D eigenvalue weighted by molar-refractivity contribution is 6.42. The van der Waals surface area contributed by atoms with E-state index in [4.69, 9.17) is 0 Å². The van der Waals surface area contributed by atoms with Crippen molar-refractivity contribution in [1.29, 1.82) is 0 Å². The van der Waals surface area contributed by atoms with Gasteiger partial charge in [0.2, 0.25) is 0 Å². The Bertz CT molecular complexity index is 2970. The molecule has 0 aliphatic rings. The molecule has 0 amide bonds. The van der Waals surface area contributed by atoms with Crippen LogP contribution >= 0.6 is 0 Å². The second-order valence-electron chi connectivity index (χ2n) is 13.2. The quantitative estimate of drug-likeness (QED) is 0.176. The van der Waals surface area contributed by atoms with Crippen molar-refractivity contribution in [3.05, 3.63) is 170 Å². The average Bonchev–Trinajstić information content (AvgIpc) is 3.66. The van der Waals surface area contributed by atoms with E-state index >= 15 is 0 Å². The number of benzene rings is 9. The lowest BCUT2D eigenvalue weighted by Crippen LogP contribution is -1.89. The lowest BCUT2D eigenvalue weighted by Gasteiger charge is -2.16. The van der Waals surface area contributed by atoms with Gasteiger partial charge in [-0.15, -0.1) is 0 Å². The van der Waals surface area contributed by atoms with Gasteiger partial charge in [-0.25, -0.2) is 0 Å². The Morgan fingerprint density at radius 3 is 1.21 bits per heavy atom. The maximum atomic E-state index is 2.50. The Kier molecular flexibility index (Phi) is 5.20. The van der Waals surface area contributed by atoms with Gasteiger partial charge >= 0.3 is 0 Å². The van der Waals surface area contributed by atoms with Crippen LogP contribution in [0.4, 0.5) is 0 Å². The standard InChI is InChI=1S/C48H28/c1-3-12-29(13-4-1)31-24-32(30-14-5-2-6-15-30)26-33(25-31)34-22-23-41-36-17-8-10-19-38(36)44-27-42-40-21-11-20-39-35-16-7-9-18-37(35)43(46(39)40)28-45(42)47(34)48(41)44/h1-28H. The third kappa shape index (κ3) is 3.49. The zero-order valence-corrected chi connectivity index (χ0v) is 26.2. The molecule has 220 valence electrons. The van der Waals surface area contributed by atoms with Crippen molar-refractivity contribution in [2.75, 3.05) is 0 Å². The molecule has 0 unspecified atom stereocenters. The first-order chi connectivity index (χ1) is 23.8. The maximum absolute atomic E-state index is 2.50. The summed E-state index contributed by atoms with van der Waals surface area (Å²) >= 11 is 0. The van der Waals surface area contributed by atoms with Crippen LogP contribution in [0.3, 0.4) is 0 Å². The Morgan fingerprint density at radius 1 is 0.188 bits per heavy atom. The minimum atomic E-state index is 1.23. The van der Waals surface area contributed by atoms with E-state index in [0.717, 1.165) is 0 Å². The molecule has 0 heteroatoms. The van der Waals surface area contributed by atoms with Crippen LogP contribution in [0, 0.1) is 0 Å². The highest BCUT2D eigenvalue weighted by Crippen LogP contribution is 2.50. The second-order valence-corrected chi connectivity index (χ2v) is 13.2. The Morgan fingerprint density at radius 2 is 0.604 bits per heavy atom. The topological polar surface area (TPSA) is 0 Å². The SMILES string of the molecule is c1ccc(-c2cc(-c3ccccc3)cc(-c3ccc4c5ccccc5c5cc6c(cc7c8ccccc8c8cccc6c87)c3c45)c2)cc1. The summed E-state index contributed by atoms with van der Waals surface area (Å²) in [5.74, 6) is 0. The van der Waals surface area contributed by atoms with Crippen LogP contribution < -0.4 is 0 Å². The summed E-state index contributed by atoms with van der Waals surface area (Å²) in [6.45, 7) is 0. The van der Waals surface area contributed by atoms with Crippen LogP contribution in [0.5, 0.6) is 0 Å². The Labute approximate surface area is 277 Å². The molecule has 11 aromatic rings. The van der Waals surface area contributed by atoms with E-state index in [0.29, 0.717) is 0 Å². The lowest BCUT2D eigenvalue weighted by molar-refractivity contribution is 1.58. The van der Waals surface area contributed by atoms with Crippen molar-refractivity contribution >= 4 is 75.4 Å². The van der Waals surface area contributed by atoms with Crippen molar-refractivity contribution in [1.82, 2.24) is 0 Å². The molecule has 48 heavy (non-hydrogen) atoms. The van der Waals surface area contributed by atoms with Gasteiger partial charge in [-0.2, -0.15) is 0 Å². The number of hydrogen-bond acceptors (Lipinski definition) is 0. The third-order valence-corrected chi connectivity index (χ3v) is 10.7. The van der Waals surface area contributed by atoms with Gasteiger partial charge in [0.25, 0.3) is 0 Å². The highest BCUT2D eigenvalue weighted by atomic mass is 14.2. The van der Waals surface area contributed by atoms with Gasteiger partial charge in [0.1, 0.15) is 0 Å². The predicted octanol–water partition coefficient (Wildman–Crippen LogP) is 13.6. The molecule has 0 aliphatic carbocycles. The van der Waals surface area contributed by atoms with Crippen LogP contribution in [0.25, 0.3) is 109 Å². The first kappa shape index (κ1) is 25.9. The molecule has 0 N–H and O–H groups in total. The van der Waals surface area contributed by atoms with E-state index in [1.807, 2.05) is 0 Å². The zero-order valence-electron chi connectivity index (χ0n) is 26.2. The minimum absolute atomic E-state index is 1.23. The molecule has 0 saturated carbocycles. The molecule has 0 radical (unpaired) electrons. The van der Waals surface area contributed by atoms with Crippen LogP contribution in [-0.4, -0.2) is 0 Å². The fourth-order valence-corrected chi connectivity index (χ4v) is 8.64. The Hall–Kier alpha value is -6.24. The molecule has 0 heterocycles. The molecule has 0 spiro atoms. The summed E-state index contributed by atoms with van der Waals surface area (Å²) in [6, 6.07) is 63.2. The van der Waals surface area contributed by atoms with Gasteiger partial charge in [-0.3, -0.25) is 0 Å². The van der Waals surface area contributed by atoms with Gasteiger partial charge in [0.15, 0.2) is 0 Å². The van der Waals surface area contributed by atoms with Gasteiger partial charge in [0, 0.05) is 0 Å². The zero-order chi connectivity index (χ0) is 31.3. The van der Waals surface area contributed by atoms with Crippen molar-refractivity contribution in [2.45, 2.75) is 0 Å². The van der Waals surface area contributed by atoms with Gasteiger partial charge in [-0.05, 0) is 139 Å². The summed E-state index contributed by atoms with van der Waals surface area (Å²) in [6.07, 6.45) is 0. The van der Waals surface area contributed by atoms with Crippen molar-refractivity contribution in [3.8, 4) is 33.4 Å². The van der Waals surface area contributed by atoms with E-state index < -0.39 is 0 Å². The van der Waals surface area contributed by atoms with E-state index in [1.165, 1.54) is 109 Å². The second kappa shape index (κ2) is 9.64. The van der Waals surface area contributed by atoms with Gasteiger partial charge in [0.05, 0.1) is 0 Å². The summed E-state index contributed by atoms with van der Waals surface area (Å²) in [5, 5.41) is 18.7. The maximum Gasteiger partial charge on any atom is -0.00137 e. The average molecular weight is 605 g/mol. The monoisotopic (exact) mass is 604 g/mol. The summed E-state index contributed by atoms with van der Waals surface area (Å²) in [4.78, 5) is 0. The summed E-state index contributed by atoms with van der Waals surface area (Å²) in [5.41, 5.74) is 7.42. The number of hydrogen-bond donors (Lipinski definition) is 0. The van der Waals surface area contributed by atoms with Crippen LogP contribution in [-0.2, 0) is 0 Å². The van der Waals surface area contributed by atoms with Crippen LogP contribution in [0.1, 0.15) is 0 Å². The molecule has 0 nitrogen and oxygen atoms in total. The normalized spacial score (nSPS) is 12.2. The number of fused-ring (bicyclic) bond motifs is 9. The van der Waals surface area contributed by atoms with Crippen molar-refractivity contribution < 1.29 is 0 Å². The molecule has 0 bridgehead atoms. The molecular weight excluding hydrogens is 577 g/mol.